The van der Waals surface area contributed by atoms with Gasteiger partial charge in [0, 0.05) is 15.6 Å². The van der Waals surface area contributed by atoms with E-state index in [1.165, 1.54) is 0 Å². The smallest absolute Gasteiger partial charge is 0.124 e. The summed E-state index contributed by atoms with van der Waals surface area (Å²) in [5.74, 6) is 0.872. The second kappa shape index (κ2) is 7.69. The van der Waals surface area contributed by atoms with E-state index in [1.54, 1.807) is 6.07 Å². The van der Waals surface area contributed by atoms with Gasteiger partial charge in [0.25, 0.3) is 0 Å². The summed E-state index contributed by atoms with van der Waals surface area (Å²) >= 11 is 12.4. The first-order valence-electron chi connectivity index (χ1n) is 7.07. The number of para-hydroxylation sites is 1. The fourth-order valence-electron chi connectivity index (χ4n) is 2.33. The van der Waals surface area contributed by atoms with Crippen molar-refractivity contribution < 1.29 is 4.74 Å². The van der Waals surface area contributed by atoms with Gasteiger partial charge >= 0.3 is 0 Å². The van der Waals surface area contributed by atoms with Gasteiger partial charge in [-0.15, -0.1) is 0 Å². The highest BCUT2D eigenvalue weighted by Gasteiger charge is 2.19. The van der Waals surface area contributed by atoms with Crippen molar-refractivity contribution in [1.29, 1.82) is 0 Å². The number of benzene rings is 2. The summed E-state index contributed by atoms with van der Waals surface area (Å²) in [5, 5.41) is 4.76. The number of halogens is 2. The van der Waals surface area contributed by atoms with Crippen LogP contribution in [0.15, 0.2) is 42.5 Å². The Bertz CT molecular complexity index is 601. The van der Waals surface area contributed by atoms with Gasteiger partial charge in [0.05, 0.1) is 12.6 Å². The van der Waals surface area contributed by atoms with Crippen molar-refractivity contribution in [2.45, 2.75) is 19.9 Å². The summed E-state index contributed by atoms with van der Waals surface area (Å²) in [5.41, 5.74) is 2.07. The molecule has 0 amide bonds. The molecular formula is C17H19Cl2NO. The molecule has 0 radical (unpaired) electrons. The van der Waals surface area contributed by atoms with Crippen LogP contribution in [0.4, 0.5) is 0 Å². The number of hydrogen-bond donors (Lipinski definition) is 1. The van der Waals surface area contributed by atoms with Gasteiger partial charge in [0.15, 0.2) is 0 Å². The van der Waals surface area contributed by atoms with Crippen LogP contribution in [-0.2, 0) is 0 Å². The normalized spacial score (nSPS) is 12.2. The zero-order valence-corrected chi connectivity index (χ0v) is 13.7. The van der Waals surface area contributed by atoms with Gasteiger partial charge in [0.2, 0.25) is 0 Å². The molecule has 112 valence electrons. The van der Waals surface area contributed by atoms with Crippen molar-refractivity contribution in [2.24, 2.45) is 0 Å². The van der Waals surface area contributed by atoms with Gasteiger partial charge in [-0.25, -0.2) is 0 Å². The van der Waals surface area contributed by atoms with E-state index in [4.69, 9.17) is 27.9 Å². The van der Waals surface area contributed by atoms with E-state index in [9.17, 15) is 0 Å². The molecule has 2 rings (SSSR count). The van der Waals surface area contributed by atoms with E-state index in [0.717, 1.165) is 23.4 Å². The van der Waals surface area contributed by atoms with Crippen molar-refractivity contribution in [3.05, 3.63) is 63.6 Å². The van der Waals surface area contributed by atoms with E-state index < -0.39 is 0 Å². The minimum Gasteiger partial charge on any atom is -0.494 e. The monoisotopic (exact) mass is 323 g/mol. The van der Waals surface area contributed by atoms with Crippen molar-refractivity contribution >= 4 is 23.2 Å². The molecule has 1 N–H and O–H groups in total. The lowest BCUT2D eigenvalue weighted by Crippen LogP contribution is -2.23. The lowest BCUT2D eigenvalue weighted by Gasteiger charge is -2.22. The number of hydrogen-bond acceptors (Lipinski definition) is 2. The van der Waals surface area contributed by atoms with Crippen LogP contribution in [0, 0.1) is 0 Å². The Morgan fingerprint density at radius 1 is 1.05 bits per heavy atom. The minimum atomic E-state index is -0.0254. The van der Waals surface area contributed by atoms with Gasteiger partial charge in [-0.2, -0.15) is 0 Å². The van der Waals surface area contributed by atoms with Crippen molar-refractivity contribution in [3.63, 3.8) is 0 Å². The SMILES string of the molecule is CCNC(c1ccc(Cl)cc1Cl)c1ccccc1OCC. The molecule has 1 atom stereocenters. The van der Waals surface area contributed by atoms with Crippen molar-refractivity contribution in [3.8, 4) is 5.75 Å². The predicted molar refractivity (Wildman–Crippen MR) is 89.6 cm³/mol. The summed E-state index contributed by atoms with van der Waals surface area (Å²) in [6.07, 6.45) is 0. The third-order valence-electron chi connectivity index (χ3n) is 3.21. The van der Waals surface area contributed by atoms with Crippen LogP contribution in [0.5, 0.6) is 5.75 Å². The minimum absolute atomic E-state index is 0.0254. The molecule has 4 heteroatoms. The molecule has 1 unspecified atom stereocenters. The van der Waals surface area contributed by atoms with Gasteiger partial charge in [-0.3, -0.25) is 0 Å². The molecule has 21 heavy (non-hydrogen) atoms. The van der Waals surface area contributed by atoms with Crippen LogP contribution < -0.4 is 10.1 Å². The zero-order chi connectivity index (χ0) is 15.2. The molecule has 0 saturated carbocycles. The first kappa shape index (κ1) is 16.2. The van der Waals surface area contributed by atoms with E-state index in [2.05, 4.69) is 18.3 Å². The molecule has 0 fully saturated rings. The summed E-state index contributed by atoms with van der Waals surface area (Å²) in [6.45, 7) is 5.50. The average Bonchev–Trinajstić information content (AvgIpc) is 2.47. The molecule has 0 heterocycles. The Labute approximate surface area is 136 Å². The lowest BCUT2D eigenvalue weighted by molar-refractivity contribution is 0.333. The largest absolute Gasteiger partial charge is 0.494 e. The van der Waals surface area contributed by atoms with Crippen LogP contribution in [0.25, 0.3) is 0 Å². The fraction of sp³-hybridized carbons (Fsp3) is 0.294. The van der Waals surface area contributed by atoms with Gasteiger partial charge in [-0.1, -0.05) is 54.4 Å². The first-order chi connectivity index (χ1) is 10.2. The Hall–Kier alpha value is -1.22. The van der Waals surface area contributed by atoms with E-state index in [-0.39, 0.29) is 6.04 Å². The van der Waals surface area contributed by atoms with Crippen LogP contribution in [0.1, 0.15) is 31.0 Å². The molecular weight excluding hydrogens is 305 g/mol. The van der Waals surface area contributed by atoms with Crippen LogP contribution in [0.3, 0.4) is 0 Å². The van der Waals surface area contributed by atoms with Crippen molar-refractivity contribution in [2.75, 3.05) is 13.2 Å². The highest BCUT2D eigenvalue weighted by molar-refractivity contribution is 6.35. The first-order valence-corrected chi connectivity index (χ1v) is 7.83. The molecule has 0 aliphatic rings. The summed E-state index contributed by atoms with van der Waals surface area (Å²) in [6, 6.07) is 13.6. The zero-order valence-electron chi connectivity index (χ0n) is 12.2. The Morgan fingerprint density at radius 3 is 2.48 bits per heavy atom. The Balaban J connectivity index is 2.48. The maximum Gasteiger partial charge on any atom is 0.124 e. The highest BCUT2D eigenvalue weighted by Crippen LogP contribution is 2.34. The topological polar surface area (TPSA) is 21.3 Å². The summed E-state index contributed by atoms with van der Waals surface area (Å²) < 4.78 is 5.74. The lowest BCUT2D eigenvalue weighted by atomic mass is 9.97. The fourth-order valence-corrected chi connectivity index (χ4v) is 2.85. The number of rotatable bonds is 6. The quantitative estimate of drug-likeness (QED) is 0.799. The molecule has 2 aromatic carbocycles. The molecule has 0 bridgehead atoms. The van der Waals surface area contributed by atoms with E-state index >= 15 is 0 Å². The third kappa shape index (κ3) is 3.91. The van der Waals surface area contributed by atoms with Gasteiger partial charge < -0.3 is 10.1 Å². The van der Waals surface area contributed by atoms with E-state index in [0.29, 0.717) is 16.7 Å². The molecule has 0 aromatic heterocycles. The van der Waals surface area contributed by atoms with Crippen molar-refractivity contribution in [1.82, 2.24) is 5.32 Å². The number of nitrogens with one attached hydrogen (secondary N) is 1. The summed E-state index contributed by atoms with van der Waals surface area (Å²) in [4.78, 5) is 0. The Morgan fingerprint density at radius 2 is 1.81 bits per heavy atom. The third-order valence-corrected chi connectivity index (χ3v) is 3.77. The maximum atomic E-state index is 6.37. The van der Waals surface area contributed by atoms with E-state index in [1.807, 2.05) is 37.3 Å². The van der Waals surface area contributed by atoms with Crippen LogP contribution in [-0.4, -0.2) is 13.2 Å². The second-order valence-electron chi connectivity index (χ2n) is 4.63. The van der Waals surface area contributed by atoms with Gasteiger partial charge in [-0.05, 0) is 37.2 Å². The molecule has 2 nitrogen and oxygen atoms in total. The molecule has 0 aliphatic carbocycles. The summed E-state index contributed by atoms with van der Waals surface area (Å²) in [7, 11) is 0. The predicted octanol–water partition coefficient (Wildman–Crippen LogP) is 5.09. The maximum absolute atomic E-state index is 6.37. The van der Waals surface area contributed by atoms with Crippen LogP contribution >= 0.6 is 23.2 Å². The molecule has 0 aliphatic heterocycles. The molecule has 2 aromatic rings. The second-order valence-corrected chi connectivity index (χ2v) is 5.47. The number of ether oxygens (including phenoxy) is 1. The Kier molecular flexibility index (Phi) is 5.92. The molecule has 0 saturated heterocycles. The average molecular weight is 324 g/mol. The molecule has 0 spiro atoms. The standard InChI is InChI=1S/C17H19Cl2NO/c1-3-20-17(13-10-9-12(18)11-15(13)19)14-7-5-6-8-16(14)21-4-2/h5-11,17,20H,3-4H2,1-2H3. The van der Waals surface area contributed by atoms with Gasteiger partial charge in [0.1, 0.15) is 5.75 Å². The highest BCUT2D eigenvalue weighted by atomic mass is 35.5. The van der Waals surface area contributed by atoms with Crippen LogP contribution in [0.2, 0.25) is 10.0 Å².